The molecule has 0 aliphatic carbocycles. The van der Waals surface area contributed by atoms with Gasteiger partial charge >= 0.3 is 0 Å². The number of amides is 1. The first kappa shape index (κ1) is 17.9. The number of aromatic nitrogens is 3. The molecule has 3 heterocycles. The molecule has 25 heavy (non-hydrogen) atoms. The number of likely N-dealkylation sites (tertiary alicyclic amines) is 1. The number of hydrogen-bond donors (Lipinski definition) is 1. The Morgan fingerprint density at radius 1 is 1.32 bits per heavy atom. The van der Waals surface area contributed by atoms with E-state index in [2.05, 4.69) is 20.3 Å². The van der Waals surface area contributed by atoms with E-state index < -0.39 is 0 Å². The molecule has 3 rings (SSSR count). The molecule has 6 nitrogen and oxygen atoms in total. The number of piperidine rings is 1. The molecule has 7 heteroatoms. The molecule has 0 bridgehead atoms. The maximum absolute atomic E-state index is 12.6. The summed E-state index contributed by atoms with van der Waals surface area (Å²) in [5.74, 6) is -0.116. The van der Waals surface area contributed by atoms with Crippen molar-refractivity contribution < 1.29 is 4.79 Å². The molecule has 0 saturated carbocycles. The fourth-order valence-electron chi connectivity index (χ4n) is 3.26. The highest BCUT2D eigenvalue weighted by Crippen LogP contribution is 2.21. The van der Waals surface area contributed by atoms with Gasteiger partial charge in [0.25, 0.3) is 5.91 Å². The van der Waals surface area contributed by atoms with E-state index >= 15 is 0 Å². The number of carbonyl (C=O) groups is 1. The van der Waals surface area contributed by atoms with Crippen LogP contribution in [-0.2, 0) is 13.1 Å². The summed E-state index contributed by atoms with van der Waals surface area (Å²) in [6.07, 6.45) is 5.53. The fourth-order valence-corrected chi connectivity index (χ4v) is 3.64. The highest BCUT2D eigenvalue weighted by molar-refractivity contribution is 6.33. The maximum atomic E-state index is 12.6. The van der Waals surface area contributed by atoms with E-state index in [1.807, 2.05) is 38.4 Å². The Morgan fingerprint density at radius 3 is 2.60 bits per heavy atom. The van der Waals surface area contributed by atoms with Crippen LogP contribution in [0.4, 0.5) is 0 Å². The molecule has 2 aromatic heterocycles. The van der Waals surface area contributed by atoms with Gasteiger partial charge in [-0.15, -0.1) is 0 Å². The number of rotatable bonds is 5. The van der Waals surface area contributed by atoms with Crippen molar-refractivity contribution in [2.75, 3.05) is 13.1 Å². The van der Waals surface area contributed by atoms with Crippen LogP contribution in [0.3, 0.4) is 0 Å². The monoisotopic (exact) mass is 361 g/mol. The van der Waals surface area contributed by atoms with Crippen molar-refractivity contribution in [3.8, 4) is 0 Å². The highest BCUT2D eigenvalue weighted by Gasteiger charge is 2.25. The standard InChI is InChI=1S/C18H24ClN5O/c1-3-24-17(19)16(13(2)22-24)18(25)21-15-6-10-23(11-7-15)12-14-4-8-20-9-5-14/h4-5,8-9,15H,3,6-7,10-12H2,1-2H3,(H,21,25). The molecule has 1 fully saturated rings. The predicted octanol–water partition coefficient (Wildman–Crippen LogP) is 2.65. The third-order valence-corrected chi connectivity index (χ3v) is 5.05. The SMILES string of the molecule is CCn1nc(C)c(C(=O)NC2CCN(Cc3ccncc3)CC2)c1Cl. The number of nitrogens with one attached hydrogen (secondary N) is 1. The number of pyridine rings is 1. The highest BCUT2D eigenvalue weighted by atomic mass is 35.5. The Labute approximate surface area is 153 Å². The summed E-state index contributed by atoms with van der Waals surface area (Å²) in [6.45, 7) is 7.29. The van der Waals surface area contributed by atoms with Crippen molar-refractivity contribution in [2.45, 2.75) is 45.8 Å². The number of hydrogen-bond acceptors (Lipinski definition) is 4. The van der Waals surface area contributed by atoms with Crippen LogP contribution in [0.5, 0.6) is 0 Å². The Hall–Kier alpha value is -1.92. The van der Waals surface area contributed by atoms with Gasteiger partial charge < -0.3 is 5.32 Å². The van der Waals surface area contributed by atoms with E-state index in [9.17, 15) is 4.79 Å². The Morgan fingerprint density at radius 2 is 2.00 bits per heavy atom. The zero-order valence-electron chi connectivity index (χ0n) is 14.7. The van der Waals surface area contributed by atoms with Crippen LogP contribution in [0.15, 0.2) is 24.5 Å². The molecule has 134 valence electrons. The Bertz CT molecular complexity index is 723. The molecule has 1 saturated heterocycles. The third kappa shape index (κ3) is 4.19. The van der Waals surface area contributed by atoms with Gasteiger partial charge in [-0.1, -0.05) is 11.6 Å². The topological polar surface area (TPSA) is 63.1 Å². The Balaban J connectivity index is 1.54. The van der Waals surface area contributed by atoms with Gasteiger partial charge in [0, 0.05) is 44.6 Å². The Kier molecular flexibility index (Phi) is 5.71. The number of carbonyl (C=O) groups excluding carboxylic acids is 1. The second-order valence-corrected chi connectivity index (χ2v) is 6.80. The van der Waals surface area contributed by atoms with Crippen LogP contribution in [0.25, 0.3) is 0 Å². The molecular formula is C18H24ClN5O. The van der Waals surface area contributed by atoms with Crippen molar-refractivity contribution in [3.05, 3.63) is 46.5 Å². The van der Waals surface area contributed by atoms with E-state index in [1.165, 1.54) is 5.56 Å². The molecule has 0 spiro atoms. The molecular weight excluding hydrogens is 338 g/mol. The van der Waals surface area contributed by atoms with Crippen molar-refractivity contribution in [1.82, 2.24) is 25.0 Å². The summed E-state index contributed by atoms with van der Waals surface area (Å²) in [5, 5.41) is 7.86. The van der Waals surface area contributed by atoms with E-state index in [1.54, 1.807) is 4.68 Å². The minimum Gasteiger partial charge on any atom is -0.349 e. The summed E-state index contributed by atoms with van der Waals surface area (Å²) in [4.78, 5) is 19.0. The minimum atomic E-state index is -0.116. The lowest BCUT2D eigenvalue weighted by atomic mass is 10.0. The molecule has 0 aromatic carbocycles. The predicted molar refractivity (Wildman–Crippen MR) is 97.7 cm³/mol. The van der Waals surface area contributed by atoms with Crippen LogP contribution in [0.2, 0.25) is 5.15 Å². The van der Waals surface area contributed by atoms with Crippen LogP contribution in [0.1, 0.15) is 41.4 Å². The second-order valence-electron chi connectivity index (χ2n) is 6.45. The third-order valence-electron chi connectivity index (χ3n) is 4.67. The summed E-state index contributed by atoms with van der Waals surface area (Å²) < 4.78 is 1.66. The van der Waals surface area contributed by atoms with Crippen LogP contribution < -0.4 is 5.32 Å². The van der Waals surface area contributed by atoms with Crippen molar-refractivity contribution in [3.63, 3.8) is 0 Å². The molecule has 0 atom stereocenters. The van der Waals surface area contributed by atoms with Gasteiger partial charge in [-0.3, -0.25) is 19.4 Å². The van der Waals surface area contributed by atoms with Crippen molar-refractivity contribution in [1.29, 1.82) is 0 Å². The molecule has 1 aliphatic heterocycles. The second kappa shape index (κ2) is 7.97. The molecule has 1 N–H and O–H groups in total. The quantitative estimate of drug-likeness (QED) is 0.889. The van der Waals surface area contributed by atoms with E-state index in [0.717, 1.165) is 32.5 Å². The van der Waals surface area contributed by atoms with E-state index in [0.29, 0.717) is 23.0 Å². The lowest BCUT2D eigenvalue weighted by Gasteiger charge is -2.32. The van der Waals surface area contributed by atoms with Gasteiger partial charge in [0.1, 0.15) is 5.15 Å². The van der Waals surface area contributed by atoms with Crippen LogP contribution >= 0.6 is 11.6 Å². The van der Waals surface area contributed by atoms with Gasteiger partial charge in [0.05, 0.1) is 11.3 Å². The first-order chi connectivity index (χ1) is 12.1. The first-order valence-corrected chi connectivity index (χ1v) is 9.11. The van der Waals surface area contributed by atoms with Crippen molar-refractivity contribution in [2.24, 2.45) is 0 Å². The maximum Gasteiger partial charge on any atom is 0.256 e. The summed E-state index contributed by atoms with van der Waals surface area (Å²) in [7, 11) is 0. The summed E-state index contributed by atoms with van der Waals surface area (Å²) in [5.41, 5.74) is 2.45. The normalized spacial score (nSPS) is 16.1. The lowest BCUT2D eigenvalue weighted by Crippen LogP contribution is -2.44. The zero-order chi connectivity index (χ0) is 17.8. The lowest BCUT2D eigenvalue weighted by molar-refractivity contribution is 0.0908. The molecule has 1 amide bonds. The fraction of sp³-hybridized carbons (Fsp3) is 0.500. The number of aryl methyl sites for hydroxylation is 2. The number of nitrogens with zero attached hydrogens (tertiary/aromatic N) is 4. The average Bonchev–Trinajstić information content (AvgIpc) is 2.91. The van der Waals surface area contributed by atoms with Gasteiger partial charge in [-0.25, -0.2) is 0 Å². The van der Waals surface area contributed by atoms with Gasteiger partial charge in [-0.2, -0.15) is 5.10 Å². The van der Waals surface area contributed by atoms with Gasteiger partial charge in [0.2, 0.25) is 0 Å². The average molecular weight is 362 g/mol. The minimum absolute atomic E-state index is 0.116. The first-order valence-electron chi connectivity index (χ1n) is 8.73. The smallest absolute Gasteiger partial charge is 0.256 e. The van der Waals surface area contributed by atoms with Crippen molar-refractivity contribution >= 4 is 17.5 Å². The molecule has 2 aromatic rings. The van der Waals surface area contributed by atoms with Gasteiger partial charge in [-0.05, 0) is 44.4 Å². The zero-order valence-corrected chi connectivity index (χ0v) is 15.5. The summed E-state index contributed by atoms with van der Waals surface area (Å²) in [6, 6.07) is 4.27. The van der Waals surface area contributed by atoms with Crippen LogP contribution in [-0.4, -0.2) is 44.7 Å². The molecule has 1 aliphatic rings. The largest absolute Gasteiger partial charge is 0.349 e. The van der Waals surface area contributed by atoms with Crippen LogP contribution in [0, 0.1) is 6.92 Å². The van der Waals surface area contributed by atoms with E-state index in [-0.39, 0.29) is 11.9 Å². The summed E-state index contributed by atoms with van der Waals surface area (Å²) >= 11 is 6.28. The number of halogens is 1. The molecule has 0 radical (unpaired) electrons. The van der Waals surface area contributed by atoms with E-state index in [4.69, 9.17) is 11.6 Å². The van der Waals surface area contributed by atoms with Gasteiger partial charge in [0.15, 0.2) is 0 Å². The molecule has 0 unspecified atom stereocenters.